The van der Waals surface area contributed by atoms with Crippen molar-refractivity contribution in [2.24, 2.45) is 0 Å². The highest BCUT2D eigenvalue weighted by Gasteiger charge is 2.45. The molecular formula is C64H65BN2. The van der Waals surface area contributed by atoms with Gasteiger partial charge in [0.1, 0.15) is 0 Å². The van der Waals surface area contributed by atoms with Crippen LogP contribution in [0.25, 0.3) is 21.9 Å². The highest BCUT2D eigenvalue weighted by atomic mass is 15.2. The van der Waals surface area contributed by atoms with Gasteiger partial charge in [-0.1, -0.05) is 222 Å². The molecule has 2 nitrogen and oxygen atoms in total. The smallest absolute Gasteiger partial charge is 0.244 e. The molecule has 0 bridgehead atoms. The van der Waals surface area contributed by atoms with Gasteiger partial charge in [0.2, 0.25) is 6.71 Å². The first-order valence-corrected chi connectivity index (χ1v) is 24.6. The maximum absolute atomic E-state index is 2.58. The van der Waals surface area contributed by atoms with Crippen LogP contribution in [0, 0.1) is 0 Å². The molecule has 0 unspecified atom stereocenters. The molecular weight excluding hydrogens is 808 g/mol. The van der Waals surface area contributed by atoms with Crippen LogP contribution < -0.4 is 26.2 Å². The molecule has 0 aliphatic carbocycles. The second-order valence-electron chi connectivity index (χ2n) is 23.8. The third-order valence-corrected chi connectivity index (χ3v) is 15.7. The number of benzene rings is 8. The SMILES string of the molecule is CC(C)(C)c1cc(C(C)(C)C)c(B2c3ccc(N4c5ccccc5C(C)(C)c5ccccc54)cc3-c3cc(N4c5ccccc5C(C)(C)c5ccccc54)c4ccccc4c32)c(C(C)(C)C)c1. The first kappa shape index (κ1) is 43.3. The Kier molecular flexibility index (Phi) is 9.42. The van der Waals surface area contributed by atoms with E-state index in [9.17, 15) is 0 Å². The van der Waals surface area contributed by atoms with Crippen LogP contribution in [-0.2, 0) is 27.1 Å². The number of rotatable bonds is 3. The fraction of sp³-hybridized carbons (Fsp3) is 0.281. The molecule has 0 aromatic heterocycles. The Balaban J connectivity index is 1.27. The van der Waals surface area contributed by atoms with Gasteiger partial charge >= 0.3 is 0 Å². The largest absolute Gasteiger partial charge is 0.310 e. The maximum Gasteiger partial charge on any atom is 0.244 e. The summed E-state index contributed by atoms with van der Waals surface area (Å²) in [6, 6.07) is 60.7. The molecule has 11 rings (SSSR count). The van der Waals surface area contributed by atoms with Gasteiger partial charge < -0.3 is 9.80 Å². The minimum Gasteiger partial charge on any atom is -0.310 e. The van der Waals surface area contributed by atoms with E-state index in [2.05, 4.69) is 258 Å². The topological polar surface area (TPSA) is 6.48 Å². The van der Waals surface area contributed by atoms with E-state index in [-0.39, 0.29) is 33.8 Å². The highest BCUT2D eigenvalue weighted by Crippen LogP contribution is 2.55. The summed E-state index contributed by atoms with van der Waals surface area (Å²) in [5, 5.41) is 2.58. The monoisotopic (exact) mass is 873 g/mol. The van der Waals surface area contributed by atoms with Gasteiger partial charge in [-0.05, 0) is 114 Å². The average Bonchev–Trinajstić information content (AvgIpc) is 3.61. The molecule has 3 aliphatic heterocycles. The van der Waals surface area contributed by atoms with E-state index >= 15 is 0 Å². The number of nitrogens with zero attached hydrogens (tertiary/aromatic N) is 2. The Bertz CT molecular complexity index is 3190. The molecule has 0 fully saturated rings. The van der Waals surface area contributed by atoms with E-state index in [1.165, 1.54) is 111 Å². The van der Waals surface area contributed by atoms with Crippen molar-refractivity contribution < 1.29 is 0 Å². The Morgan fingerprint density at radius 2 is 0.791 bits per heavy atom. The van der Waals surface area contributed by atoms with Crippen molar-refractivity contribution in [3.05, 3.63) is 197 Å². The van der Waals surface area contributed by atoms with Gasteiger partial charge in [-0.25, -0.2) is 0 Å². The first-order chi connectivity index (χ1) is 31.7. The molecule has 0 amide bonds. The summed E-state index contributed by atoms with van der Waals surface area (Å²) in [5.74, 6) is 0. The quantitative estimate of drug-likeness (QED) is 0.163. The van der Waals surface area contributed by atoms with E-state index in [1.807, 2.05) is 0 Å². The Labute approximate surface area is 400 Å². The molecule has 0 atom stereocenters. The summed E-state index contributed by atoms with van der Waals surface area (Å²) in [5.41, 5.74) is 23.3. The Morgan fingerprint density at radius 3 is 1.24 bits per heavy atom. The van der Waals surface area contributed by atoms with E-state index in [4.69, 9.17) is 0 Å². The molecule has 3 heteroatoms. The molecule has 0 spiro atoms. The van der Waals surface area contributed by atoms with Crippen molar-refractivity contribution >= 4 is 68.0 Å². The number of hydrogen-bond acceptors (Lipinski definition) is 2. The van der Waals surface area contributed by atoms with Crippen LogP contribution >= 0.6 is 0 Å². The maximum atomic E-state index is 2.58. The average molecular weight is 873 g/mol. The molecule has 0 saturated heterocycles. The molecule has 3 heterocycles. The summed E-state index contributed by atoms with van der Waals surface area (Å²) >= 11 is 0. The van der Waals surface area contributed by atoms with Crippen LogP contribution in [0.15, 0.2) is 158 Å². The lowest BCUT2D eigenvalue weighted by Crippen LogP contribution is -2.55. The van der Waals surface area contributed by atoms with Crippen molar-refractivity contribution in [2.75, 3.05) is 9.80 Å². The van der Waals surface area contributed by atoms with Gasteiger partial charge in [0.25, 0.3) is 0 Å². The summed E-state index contributed by atoms with van der Waals surface area (Å²) in [6.45, 7) is 31.2. The summed E-state index contributed by atoms with van der Waals surface area (Å²) in [4.78, 5) is 5.11. The van der Waals surface area contributed by atoms with Crippen molar-refractivity contribution in [3.8, 4) is 11.1 Å². The lowest BCUT2D eigenvalue weighted by molar-refractivity contribution is 0.553. The highest BCUT2D eigenvalue weighted by molar-refractivity contribution is 7.01. The van der Waals surface area contributed by atoms with E-state index < -0.39 is 0 Å². The molecule has 8 aromatic carbocycles. The fourth-order valence-corrected chi connectivity index (χ4v) is 12.2. The third kappa shape index (κ3) is 6.43. The van der Waals surface area contributed by atoms with Crippen LogP contribution in [0.2, 0.25) is 0 Å². The summed E-state index contributed by atoms with van der Waals surface area (Å²) < 4.78 is 0. The van der Waals surface area contributed by atoms with Crippen molar-refractivity contribution in [3.63, 3.8) is 0 Å². The zero-order valence-electron chi connectivity index (χ0n) is 42.0. The fourth-order valence-electron chi connectivity index (χ4n) is 12.2. The van der Waals surface area contributed by atoms with Gasteiger partial charge in [-0.2, -0.15) is 0 Å². The number of hydrogen-bond donors (Lipinski definition) is 0. The molecule has 0 saturated carbocycles. The molecule has 8 aromatic rings. The second kappa shape index (κ2) is 14.6. The van der Waals surface area contributed by atoms with Crippen LogP contribution in [-0.4, -0.2) is 6.71 Å². The van der Waals surface area contributed by atoms with E-state index in [0.29, 0.717) is 0 Å². The lowest BCUT2D eigenvalue weighted by Gasteiger charge is -2.42. The predicted octanol–water partition coefficient (Wildman–Crippen LogP) is 15.4. The molecule has 0 N–H and O–H groups in total. The number of para-hydroxylation sites is 4. The normalized spacial score (nSPS) is 15.7. The van der Waals surface area contributed by atoms with Gasteiger partial charge in [-0.3, -0.25) is 0 Å². The van der Waals surface area contributed by atoms with Gasteiger partial charge in [-0.15, -0.1) is 0 Å². The van der Waals surface area contributed by atoms with Gasteiger partial charge in [0, 0.05) is 21.9 Å². The lowest BCUT2D eigenvalue weighted by atomic mass is 9.35. The van der Waals surface area contributed by atoms with Crippen LogP contribution in [0.4, 0.5) is 34.1 Å². The number of anilines is 6. The second-order valence-corrected chi connectivity index (χ2v) is 23.8. The first-order valence-electron chi connectivity index (χ1n) is 24.6. The Morgan fingerprint density at radius 1 is 0.373 bits per heavy atom. The third-order valence-electron chi connectivity index (χ3n) is 15.7. The van der Waals surface area contributed by atoms with Crippen molar-refractivity contribution in [1.29, 1.82) is 0 Å². The summed E-state index contributed by atoms with van der Waals surface area (Å²) in [6.07, 6.45) is 0. The van der Waals surface area contributed by atoms with Crippen molar-refractivity contribution in [1.82, 2.24) is 0 Å². The molecule has 3 aliphatic rings. The summed E-state index contributed by atoms with van der Waals surface area (Å²) in [7, 11) is 0. The standard InChI is InChI=1S/C64H65BN2/c1-60(2,3)40-36-50(61(4,5)6)59(51(37-40)62(7,8)9)65-52-35-34-41(66-53-30-20-16-26-46(53)63(10,11)47-27-17-21-31-54(47)66)38-44(52)45-39-57(42-24-14-15-25-43(42)58(45)65)67-55-32-22-18-28-48(55)64(12,13)49-29-19-23-33-56(49)67/h14-39H,1-13H3. The zero-order valence-corrected chi connectivity index (χ0v) is 42.0. The molecule has 0 radical (unpaired) electrons. The Hall–Kier alpha value is -6.32. The zero-order chi connectivity index (χ0) is 47.2. The number of fused-ring (bicyclic) bond motifs is 9. The van der Waals surface area contributed by atoms with Crippen LogP contribution in [0.1, 0.15) is 129 Å². The van der Waals surface area contributed by atoms with E-state index in [0.717, 1.165) is 0 Å². The van der Waals surface area contributed by atoms with Crippen molar-refractivity contribution in [2.45, 2.75) is 117 Å². The van der Waals surface area contributed by atoms with Gasteiger partial charge in [0.15, 0.2) is 0 Å². The van der Waals surface area contributed by atoms with Gasteiger partial charge in [0.05, 0.1) is 28.4 Å². The van der Waals surface area contributed by atoms with E-state index in [1.54, 1.807) is 0 Å². The van der Waals surface area contributed by atoms with Crippen LogP contribution in [0.3, 0.4) is 0 Å². The predicted molar refractivity (Wildman–Crippen MR) is 290 cm³/mol. The molecule has 334 valence electrons. The minimum atomic E-state index is -0.162. The minimum absolute atomic E-state index is 0.00823. The molecule has 67 heavy (non-hydrogen) atoms. The van der Waals surface area contributed by atoms with Crippen LogP contribution in [0.5, 0.6) is 0 Å².